The molecule has 4 heteroatoms. The average molecular weight is 253 g/mol. The highest BCUT2D eigenvalue weighted by atomic mass is 32.2. The van der Waals surface area contributed by atoms with Crippen LogP contribution in [0.15, 0.2) is 24.3 Å². The van der Waals surface area contributed by atoms with Gasteiger partial charge in [0.1, 0.15) is 5.75 Å². The Hall–Kier alpha value is -1.16. The molecule has 0 heterocycles. The fraction of sp³-hybridized carbons (Fsp3) is 0.462. The number of hydrogen-bond acceptors (Lipinski definition) is 3. The topological polar surface area (TPSA) is 49.3 Å². The molecule has 0 bridgehead atoms. The molecule has 94 valence electrons. The zero-order valence-electron chi connectivity index (χ0n) is 10.3. The molecule has 0 aliphatic heterocycles. The van der Waals surface area contributed by atoms with Crippen LogP contribution in [-0.2, 0) is 11.2 Å². The van der Waals surface area contributed by atoms with Gasteiger partial charge in [0.2, 0.25) is 5.91 Å². The molecule has 0 saturated heterocycles. The molecule has 0 aliphatic rings. The first-order chi connectivity index (χ1) is 8.11. The van der Waals surface area contributed by atoms with E-state index >= 15 is 0 Å². The molecule has 2 N–H and O–H groups in total. The number of phenols is 1. The molecule has 3 nitrogen and oxygen atoms in total. The Kier molecular flexibility index (Phi) is 5.91. The van der Waals surface area contributed by atoms with Crippen LogP contribution >= 0.6 is 11.8 Å². The van der Waals surface area contributed by atoms with E-state index in [0.29, 0.717) is 18.2 Å². The molecule has 0 fully saturated rings. The van der Waals surface area contributed by atoms with Gasteiger partial charge in [-0.2, -0.15) is 11.8 Å². The van der Waals surface area contributed by atoms with E-state index in [9.17, 15) is 9.90 Å². The maximum atomic E-state index is 11.6. The largest absolute Gasteiger partial charge is 0.508 e. The first-order valence-electron chi connectivity index (χ1n) is 5.69. The number of thioether (sulfide) groups is 1. The van der Waals surface area contributed by atoms with Crippen molar-refractivity contribution in [3.8, 4) is 5.75 Å². The van der Waals surface area contributed by atoms with E-state index in [4.69, 9.17) is 0 Å². The van der Waals surface area contributed by atoms with Gasteiger partial charge >= 0.3 is 0 Å². The summed E-state index contributed by atoms with van der Waals surface area (Å²) in [5, 5.41) is 12.7. The summed E-state index contributed by atoms with van der Waals surface area (Å²) in [6.45, 7) is 2.85. The Morgan fingerprint density at radius 3 is 2.94 bits per heavy atom. The maximum absolute atomic E-state index is 11.6. The lowest BCUT2D eigenvalue weighted by molar-refractivity contribution is -0.120. The fourth-order valence-electron chi connectivity index (χ4n) is 1.45. The second-order valence-corrected chi connectivity index (χ2v) is 5.31. The molecular weight excluding hydrogens is 234 g/mol. The normalized spacial score (nSPS) is 12.1. The monoisotopic (exact) mass is 253 g/mol. The molecule has 1 amide bonds. The van der Waals surface area contributed by atoms with Gasteiger partial charge in [0.15, 0.2) is 0 Å². The SMILES string of the molecule is CSC(C)CCNC(=O)Cc1cccc(O)c1. The number of rotatable bonds is 6. The second-order valence-electron chi connectivity index (χ2n) is 4.03. The van der Waals surface area contributed by atoms with Crippen molar-refractivity contribution in [1.29, 1.82) is 0 Å². The standard InChI is InChI=1S/C13H19NO2S/c1-10(17-2)6-7-14-13(16)9-11-4-3-5-12(15)8-11/h3-5,8,10,15H,6-7,9H2,1-2H3,(H,14,16). The van der Waals surface area contributed by atoms with Gasteiger partial charge in [-0.15, -0.1) is 0 Å². The first kappa shape index (κ1) is 13.9. The van der Waals surface area contributed by atoms with E-state index in [0.717, 1.165) is 12.0 Å². The van der Waals surface area contributed by atoms with Gasteiger partial charge in [0.05, 0.1) is 6.42 Å². The van der Waals surface area contributed by atoms with E-state index < -0.39 is 0 Å². The summed E-state index contributed by atoms with van der Waals surface area (Å²) in [5.41, 5.74) is 0.834. The number of nitrogens with one attached hydrogen (secondary N) is 1. The quantitative estimate of drug-likeness (QED) is 0.817. The lowest BCUT2D eigenvalue weighted by Gasteiger charge is -2.09. The van der Waals surface area contributed by atoms with Gasteiger partial charge < -0.3 is 10.4 Å². The van der Waals surface area contributed by atoms with E-state index in [-0.39, 0.29) is 11.7 Å². The lowest BCUT2D eigenvalue weighted by atomic mass is 10.1. The highest BCUT2D eigenvalue weighted by molar-refractivity contribution is 7.99. The summed E-state index contributed by atoms with van der Waals surface area (Å²) in [4.78, 5) is 11.6. The van der Waals surface area contributed by atoms with Gasteiger partial charge in [-0.25, -0.2) is 0 Å². The number of hydrogen-bond donors (Lipinski definition) is 2. The molecule has 0 aliphatic carbocycles. The highest BCUT2D eigenvalue weighted by Gasteiger charge is 2.04. The van der Waals surface area contributed by atoms with Crippen LogP contribution in [0.3, 0.4) is 0 Å². The third kappa shape index (κ3) is 5.63. The van der Waals surface area contributed by atoms with E-state index in [1.54, 1.807) is 30.0 Å². The zero-order valence-corrected chi connectivity index (χ0v) is 11.1. The Morgan fingerprint density at radius 2 is 2.29 bits per heavy atom. The number of phenolic OH excluding ortho intramolecular Hbond substituents is 1. The van der Waals surface area contributed by atoms with Crippen LogP contribution in [0, 0.1) is 0 Å². The van der Waals surface area contributed by atoms with Crippen LogP contribution in [-0.4, -0.2) is 29.1 Å². The molecule has 1 aromatic rings. The van der Waals surface area contributed by atoms with Gasteiger partial charge in [-0.3, -0.25) is 4.79 Å². The Bertz CT molecular complexity index is 368. The smallest absolute Gasteiger partial charge is 0.224 e. The molecule has 1 atom stereocenters. The predicted molar refractivity (Wildman–Crippen MR) is 72.4 cm³/mol. The van der Waals surface area contributed by atoms with Gasteiger partial charge in [-0.1, -0.05) is 19.1 Å². The Labute approximate surface area is 107 Å². The molecule has 17 heavy (non-hydrogen) atoms. The van der Waals surface area contributed by atoms with Crippen molar-refractivity contribution in [1.82, 2.24) is 5.32 Å². The molecule has 0 aromatic heterocycles. The molecule has 1 rings (SSSR count). The summed E-state index contributed by atoms with van der Waals surface area (Å²) in [6.07, 6.45) is 3.37. The summed E-state index contributed by atoms with van der Waals surface area (Å²) < 4.78 is 0. The van der Waals surface area contributed by atoms with Crippen molar-refractivity contribution in [3.05, 3.63) is 29.8 Å². The van der Waals surface area contributed by atoms with Crippen LogP contribution in [0.5, 0.6) is 5.75 Å². The predicted octanol–water partition coefficient (Wildman–Crippen LogP) is 2.19. The molecular formula is C13H19NO2S. The molecule has 0 saturated carbocycles. The van der Waals surface area contributed by atoms with Crippen molar-refractivity contribution >= 4 is 17.7 Å². The average Bonchev–Trinajstić information content (AvgIpc) is 2.28. The highest BCUT2D eigenvalue weighted by Crippen LogP contribution is 2.11. The minimum Gasteiger partial charge on any atom is -0.508 e. The molecule has 0 radical (unpaired) electrons. The van der Waals surface area contributed by atoms with Crippen molar-refractivity contribution in [2.24, 2.45) is 0 Å². The van der Waals surface area contributed by atoms with Gasteiger partial charge in [0.25, 0.3) is 0 Å². The van der Waals surface area contributed by atoms with Crippen LogP contribution in [0.1, 0.15) is 18.9 Å². The molecule has 0 spiro atoms. The van der Waals surface area contributed by atoms with Gasteiger partial charge in [-0.05, 0) is 30.4 Å². The summed E-state index contributed by atoms with van der Waals surface area (Å²) in [7, 11) is 0. The van der Waals surface area contributed by atoms with Crippen molar-refractivity contribution in [2.45, 2.75) is 25.0 Å². The van der Waals surface area contributed by atoms with Crippen LogP contribution in [0.2, 0.25) is 0 Å². The first-order valence-corrected chi connectivity index (χ1v) is 6.98. The summed E-state index contributed by atoms with van der Waals surface area (Å²) in [5.74, 6) is 0.204. The third-order valence-corrected chi connectivity index (χ3v) is 3.59. The second kappa shape index (κ2) is 7.22. The minimum atomic E-state index is 0.00361. The third-order valence-electron chi connectivity index (χ3n) is 2.55. The minimum absolute atomic E-state index is 0.00361. The fourth-order valence-corrected chi connectivity index (χ4v) is 1.80. The number of carbonyl (C=O) groups excluding carboxylic acids is 1. The van der Waals surface area contributed by atoms with E-state index in [1.807, 2.05) is 6.07 Å². The number of benzene rings is 1. The van der Waals surface area contributed by atoms with Crippen LogP contribution < -0.4 is 5.32 Å². The van der Waals surface area contributed by atoms with Crippen LogP contribution in [0.25, 0.3) is 0 Å². The number of aromatic hydroxyl groups is 1. The van der Waals surface area contributed by atoms with E-state index in [2.05, 4.69) is 18.5 Å². The maximum Gasteiger partial charge on any atom is 0.224 e. The van der Waals surface area contributed by atoms with Crippen molar-refractivity contribution < 1.29 is 9.90 Å². The van der Waals surface area contributed by atoms with Gasteiger partial charge in [0, 0.05) is 11.8 Å². The number of carbonyl (C=O) groups is 1. The molecule has 1 aromatic carbocycles. The summed E-state index contributed by atoms with van der Waals surface area (Å²) >= 11 is 1.80. The van der Waals surface area contributed by atoms with Crippen molar-refractivity contribution in [2.75, 3.05) is 12.8 Å². The Morgan fingerprint density at radius 1 is 1.53 bits per heavy atom. The van der Waals surface area contributed by atoms with E-state index in [1.165, 1.54) is 0 Å². The lowest BCUT2D eigenvalue weighted by Crippen LogP contribution is -2.27. The van der Waals surface area contributed by atoms with Crippen molar-refractivity contribution in [3.63, 3.8) is 0 Å². The summed E-state index contributed by atoms with van der Waals surface area (Å²) in [6, 6.07) is 6.79. The Balaban J connectivity index is 2.30. The van der Waals surface area contributed by atoms with Crippen LogP contribution in [0.4, 0.5) is 0 Å². The molecule has 1 unspecified atom stereocenters. The zero-order chi connectivity index (χ0) is 12.7. The number of amides is 1.